The Bertz CT molecular complexity index is 903. The molecule has 4 rings (SSSR count). The molecule has 1 aliphatic heterocycles. The molecule has 7 nitrogen and oxygen atoms in total. The number of benzene rings is 1. The van der Waals surface area contributed by atoms with Crippen LogP contribution in [0.3, 0.4) is 0 Å². The first-order valence-corrected chi connectivity index (χ1v) is 6.97. The van der Waals surface area contributed by atoms with Gasteiger partial charge in [0.1, 0.15) is 17.9 Å². The lowest BCUT2D eigenvalue weighted by Gasteiger charge is -2.20. The fraction of sp³-hybridized carbons (Fsp3) is 0.267. The third-order valence-electron chi connectivity index (χ3n) is 3.95. The van der Waals surface area contributed by atoms with Crippen LogP contribution in [0.2, 0.25) is 0 Å². The zero-order valence-corrected chi connectivity index (χ0v) is 12.2. The summed E-state index contributed by atoms with van der Waals surface area (Å²) in [6.45, 7) is 4.75. The van der Waals surface area contributed by atoms with E-state index in [1.807, 2.05) is 30.5 Å². The van der Waals surface area contributed by atoms with Gasteiger partial charge in [0.05, 0.1) is 23.3 Å². The van der Waals surface area contributed by atoms with Gasteiger partial charge in [0.15, 0.2) is 11.6 Å². The van der Waals surface area contributed by atoms with E-state index in [-0.39, 0.29) is 5.82 Å². The van der Waals surface area contributed by atoms with Gasteiger partial charge in [0.25, 0.3) is 5.91 Å². The smallest absolute Gasteiger partial charge is 0.284 e. The van der Waals surface area contributed by atoms with Gasteiger partial charge in [-0.15, -0.1) is 0 Å². The highest BCUT2D eigenvalue weighted by Gasteiger charge is 2.26. The average molecular weight is 298 g/mol. The van der Waals surface area contributed by atoms with Crippen LogP contribution in [0.15, 0.2) is 16.7 Å². The van der Waals surface area contributed by atoms with Gasteiger partial charge < -0.3 is 19.6 Å². The summed E-state index contributed by atoms with van der Waals surface area (Å²) in [6, 6.07) is 3.77. The summed E-state index contributed by atoms with van der Waals surface area (Å²) in [5.41, 5.74) is 9.50. The molecule has 0 spiro atoms. The van der Waals surface area contributed by atoms with Crippen LogP contribution in [-0.4, -0.2) is 27.2 Å². The number of nitrogens with zero attached hydrogens (tertiary/aromatic N) is 3. The maximum Gasteiger partial charge on any atom is 0.284 e. The molecule has 0 unspecified atom stereocenters. The van der Waals surface area contributed by atoms with Crippen molar-refractivity contribution in [1.29, 1.82) is 0 Å². The van der Waals surface area contributed by atoms with Crippen LogP contribution in [0.1, 0.15) is 22.1 Å². The second-order valence-corrected chi connectivity index (χ2v) is 5.31. The molecule has 7 heteroatoms. The van der Waals surface area contributed by atoms with E-state index < -0.39 is 5.91 Å². The van der Waals surface area contributed by atoms with Gasteiger partial charge >= 0.3 is 0 Å². The molecule has 2 N–H and O–H groups in total. The number of aryl methyl sites for hydroxylation is 2. The van der Waals surface area contributed by atoms with Crippen molar-refractivity contribution < 1.29 is 14.1 Å². The Morgan fingerprint density at radius 1 is 1.36 bits per heavy atom. The molecule has 0 fully saturated rings. The van der Waals surface area contributed by atoms with Crippen molar-refractivity contribution in [1.82, 2.24) is 14.7 Å². The number of hydrogen-bond donors (Lipinski definition) is 1. The molecular formula is C15H14N4O3. The Balaban J connectivity index is 2.08. The minimum atomic E-state index is -0.539. The number of ether oxygens (including phenoxy) is 1. The summed E-state index contributed by atoms with van der Waals surface area (Å²) < 4.78 is 12.9. The van der Waals surface area contributed by atoms with Gasteiger partial charge in [-0.05, 0) is 26.0 Å². The van der Waals surface area contributed by atoms with Crippen molar-refractivity contribution in [2.75, 3.05) is 6.61 Å². The molecule has 2 aromatic heterocycles. The summed E-state index contributed by atoms with van der Waals surface area (Å²) in [4.78, 5) is 15.9. The predicted octanol–water partition coefficient (Wildman–Crippen LogP) is 1.80. The Hall–Kier alpha value is -2.83. The zero-order chi connectivity index (χ0) is 15.4. The number of primary amides is 1. The highest BCUT2D eigenvalue weighted by Crippen LogP contribution is 2.41. The third-order valence-corrected chi connectivity index (χ3v) is 3.95. The summed E-state index contributed by atoms with van der Waals surface area (Å²) >= 11 is 0. The average Bonchev–Trinajstić information content (AvgIpc) is 3.03. The van der Waals surface area contributed by atoms with Crippen molar-refractivity contribution >= 4 is 16.9 Å². The molecule has 0 bridgehead atoms. The van der Waals surface area contributed by atoms with Gasteiger partial charge in [-0.2, -0.15) is 0 Å². The Morgan fingerprint density at radius 3 is 2.86 bits per heavy atom. The van der Waals surface area contributed by atoms with Crippen molar-refractivity contribution in [2.24, 2.45) is 5.73 Å². The number of carbonyl (C=O) groups is 1. The Labute approximate surface area is 125 Å². The summed E-state index contributed by atoms with van der Waals surface area (Å²) in [5.74, 6) is 1.14. The standard InChI is InChI=1S/C15H14N4O3/c1-7-11(8(2)22-18-7)9-3-4-10-12-13(9)21-6-5-19(12)15(17-10)14(16)20/h3-4H,5-6H2,1-2H3,(H2,16,20). The van der Waals surface area contributed by atoms with Gasteiger partial charge in [-0.25, -0.2) is 4.98 Å². The molecule has 112 valence electrons. The van der Waals surface area contributed by atoms with Crippen LogP contribution < -0.4 is 10.5 Å². The van der Waals surface area contributed by atoms with Crippen LogP contribution in [0.25, 0.3) is 22.2 Å². The van der Waals surface area contributed by atoms with E-state index in [9.17, 15) is 4.79 Å². The molecule has 1 amide bonds. The molecule has 1 aliphatic rings. The van der Waals surface area contributed by atoms with Crippen molar-refractivity contribution in [3.63, 3.8) is 0 Å². The molecule has 22 heavy (non-hydrogen) atoms. The van der Waals surface area contributed by atoms with Crippen LogP contribution in [0, 0.1) is 13.8 Å². The predicted molar refractivity (Wildman–Crippen MR) is 78.7 cm³/mol. The fourth-order valence-electron chi connectivity index (χ4n) is 3.05. The number of imidazole rings is 1. The van der Waals surface area contributed by atoms with Gasteiger partial charge in [0, 0.05) is 5.56 Å². The summed E-state index contributed by atoms with van der Waals surface area (Å²) in [7, 11) is 0. The fourth-order valence-corrected chi connectivity index (χ4v) is 3.05. The van der Waals surface area contributed by atoms with Crippen molar-refractivity contribution in [3.05, 3.63) is 29.4 Å². The molecule has 0 saturated heterocycles. The number of hydrogen-bond acceptors (Lipinski definition) is 5. The van der Waals surface area contributed by atoms with E-state index in [2.05, 4.69) is 10.1 Å². The van der Waals surface area contributed by atoms with Crippen LogP contribution in [0.5, 0.6) is 5.75 Å². The number of amides is 1. The van der Waals surface area contributed by atoms with E-state index in [1.165, 1.54) is 0 Å². The normalized spacial score (nSPS) is 13.4. The highest BCUT2D eigenvalue weighted by atomic mass is 16.5. The van der Waals surface area contributed by atoms with Gasteiger partial charge in [-0.1, -0.05) is 5.16 Å². The van der Waals surface area contributed by atoms with Crippen LogP contribution >= 0.6 is 0 Å². The van der Waals surface area contributed by atoms with E-state index >= 15 is 0 Å². The first kappa shape index (κ1) is 12.9. The van der Waals surface area contributed by atoms with Crippen LogP contribution in [0.4, 0.5) is 0 Å². The van der Waals surface area contributed by atoms with E-state index in [0.717, 1.165) is 28.1 Å². The Morgan fingerprint density at radius 2 is 2.18 bits per heavy atom. The summed E-state index contributed by atoms with van der Waals surface area (Å²) in [5, 5.41) is 3.99. The number of carbonyl (C=O) groups excluding carboxylic acids is 1. The minimum Gasteiger partial charge on any atom is -0.489 e. The Kier molecular flexibility index (Phi) is 2.53. The zero-order valence-electron chi connectivity index (χ0n) is 12.2. The molecule has 0 radical (unpaired) electrons. The highest BCUT2D eigenvalue weighted by molar-refractivity contribution is 5.98. The molecule has 0 aliphatic carbocycles. The molecule has 0 saturated carbocycles. The van der Waals surface area contributed by atoms with Crippen molar-refractivity contribution in [2.45, 2.75) is 20.4 Å². The topological polar surface area (TPSA) is 96.2 Å². The van der Waals surface area contributed by atoms with Gasteiger partial charge in [0.2, 0.25) is 0 Å². The first-order valence-electron chi connectivity index (χ1n) is 6.97. The molecular weight excluding hydrogens is 284 g/mol. The largest absolute Gasteiger partial charge is 0.489 e. The second kappa shape index (κ2) is 4.33. The summed E-state index contributed by atoms with van der Waals surface area (Å²) in [6.07, 6.45) is 0. The first-order chi connectivity index (χ1) is 10.6. The molecule has 3 aromatic rings. The second-order valence-electron chi connectivity index (χ2n) is 5.31. The molecule has 0 atom stereocenters. The van der Waals surface area contributed by atoms with Gasteiger partial charge in [-0.3, -0.25) is 4.79 Å². The lowest BCUT2D eigenvalue weighted by atomic mass is 10.0. The molecule has 3 heterocycles. The lowest BCUT2D eigenvalue weighted by Crippen LogP contribution is -2.22. The third kappa shape index (κ3) is 1.59. The number of aromatic nitrogens is 3. The minimum absolute atomic E-state index is 0.260. The lowest BCUT2D eigenvalue weighted by molar-refractivity contribution is 0.0985. The quantitative estimate of drug-likeness (QED) is 0.778. The SMILES string of the molecule is Cc1noc(C)c1-c1ccc2nc(C(N)=O)n3c2c1OCC3. The van der Waals surface area contributed by atoms with E-state index in [1.54, 1.807) is 0 Å². The van der Waals surface area contributed by atoms with E-state index in [0.29, 0.717) is 24.4 Å². The molecule has 1 aromatic carbocycles. The maximum absolute atomic E-state index is 11.6. The van der Waals surface area contributed by atoms with Crippen molar-refractivity contribution in [3.8, 4) is 16.9 Å². The van der Waals surface area contributed by atoms with E-state index in [4.69, 9.17) is 15.0 Å². The number of rotatable bonds is 2. The van der Waals surface area contributed by atoms with Crippen LogP contribution in [-0.2, 0) is 6.54 Å². The maximum atomic E-state index is 11.6. The number of nitrogens with two attached hydrogens (primary N) is 1. The monoisotopic (exact) mass is 298 g/mol.